The molecule has 4 rings (SSSR count). The van der Waals surface area contributed by atoms with Crippen LogP contribution < -0.4 is 20.3 Å². The molecular weight excluding hydrogens is 424 g/mol. The number of hydrogen-bond donors (Lipinski definition) is 2. The van der Waals surface area contributed by atoms with Gasteiger partial charge in [-0.3, -0.25) is 4.90 Å². The van der Waals surface area contributed by atoms with Crippen LogP contribution in [0.2, 0.25) is 0 Å². The zero-order chi connectivity index (χ0) is 23.6. The average Bonchev–Trinajstić information content (AvgIpc) is 2.91. The molecule has 6 nitrogen and oxygen atoms in total. The lowest BCUT2D eigenvalue weighted by Gasteiger charge is -2.36. The predicted octanol–water partition coefficient (Wildman–Crippen LogP) is 4.37. The van der Waals surface area contributed by atoms with Crippen LogP contribution in [0.5, 0.6) is 5.75 Å². The topological polar surface area (TPSA) is 56.8 Å². The van der Waals surface area contributed by atoms with Crippen molar-refractivity contribution in [1.29, 1.82) is 0 Å². The molecule has 0 aliphatic carbocycles. The molecule has 0 aromatic heterocycles. The van der Waals surface area contributed by atoms with E-state index >= 15 is 0 Å². The van der Waals surface area contributed by atoms with Crippen LogP contribution in [-0.2, 0) is 6.54 Å². The quantitative estimate of drug-likeness (QED) is 0.468. The van der Waals surface area contributed by atoms with Crippen LogP contribution >= 0.6 is 0 Å². The molecule has 3 aromatic carbocycles. The average molecular weight is 459 g/mol. The smallest absolute Gasteiger partial charge is 0.315 e. The molecule has 2 amide bonds. The van der Waals surface area contributed by atoms with Gasteiger partial charge in [0.2, 0.25) is 0 Å². The number of ether oxygens (including phenoxy) is 1. The summed E-state index contributed by atoms with van der Waals surface area (Å²) < 4.78 is 5.50. The minimum absolute atomic E-state index is 0.121. The Hall–Kier alpha value is -3.51. The molecule has 0 radical (unpaired) electrons. The molecule has 0 spiro atoms. The molecule has 3 aromatic rings. The third-order valence-corrected chi connectivity index (χ3v) is 6.28. The Morgan fingerprint density at radius 1 is 0.853 bits per heavy atom. The second-order valence-electron chi connectivity index (χ2n) is 8.49. The Morgan fingerprint density at radius 2 is 1.56 bits per heavy atom. The number of carbonyl (C=O) groups is 1. The van der Waals surface area contributed by atoms with Crippen LogP contribution in [0.15, 0.2) is 78.9 Å². The van der Waals surface area contributed by atoms with Crippen LogP contribution in [0.3, 0.4) is 0 Å². The number of methoxy groups -OCH3 is 1. The number of rotatable bonds is 9. The summed E-state index contributed by atoms with van der Waals surface area (Å²) in [6.07, 6.45) is 0.933. The van der Waals surface area contributed by atoms with E-state index in [9.17, 15) is 4.79 Å². The summed E-state index contributed by atoms with van der Waals surface area (Å²) in [5.41, 5.74) is 4.58. The third kappa shape index (κ3) is 6.29. The van der Waals surface area contributed by atoms with Crippen LogP contribution in [0.4, 0.5) is 10.5 Å². The summed E-state index contributed by atoms with van der Waals surface area (Å²) >= 11 is 0. The van der Waals surface area contributed by atoms with Crippen LogP contribution in [0.1, 0.15) is 12.0 Å². The maximum atomic E-state index is 12.3. The molecule has 6 heteroatoms. The van der Waals surface area contributed by atoms with Gasteiger partial charge in [-0.15, -0.1) is 0 Å². The molecule has 1 aliphatic rings. The largest absolute Gasteiger partial charge is 0.495 e. The highest BCUT2D eigenvalue weighted by atomic mass is 16.5. The van der Waals surface area contributed by atoms with Crippen LogP contribution in [0, 0.1) is 0 Å². The number of urea groups is 1. The summed E-state index contributed by atoms with van der Waals surface area (Å²) in [7, 11) is 1.72. The van der Waals surface area contributed by atoms with Crippen molar-refractivity contribution in [1.82, 2.24) is 15.5 Å². The van der Waals surface area contributed by atoms with Gasteiger partial charge in [-0.2, -0.15) is 0 Å². The minimum atomic E-state index is -0.121. The number of nitrogens with zero attached hydrogens (tertiary/aromatic N) is 2. The molecular formula is C28H34N4O2. The Bertz CT molecular complexity index is 1050. The second kappa shape index (κ2) is 12.1. The van der Waals surface area contributed by atoms with Gasteiger partial charge in [-0.1, -0.05) is 66.7 Å². The Morgan fingerprint density at radius 3 is 2.35 bits per heavy atom. The molecule has 1 fully saturated rings. The fourth-order valence-corrected chi connectivity index (χ4v) is 4.42. The van der Waals surface area contributed by atoms with Crippen molar-refractivity contribution in [2.75, 3.05) is 51.3 Å². The van der Waals surface area contributed by atoms with Crippen molar-refractivity contribution in [3.05, 3.63) is 84.4 Å². The maximum absolute atomic E-state index is 12.3. The van der Waals surface area contributed by atoms with Gasteiger partial charge in [0.15, 0.2) is 0 Å². The lowest BCUT2D eigenvalue weighted by Crippen LogP contribution is -2.47. The zero-order valence-corrected chi connectivity index (χ0v) is 19.9. The molecule has 1 aliphatic heterocycles. The molecule has 0 bridgehead atoms. The first-order chi connectivity index (χ1) is 16.7. The highest BCUT2D eigenvalue weighted by molar-refractivity contribution is 5.74. The van der Waals surface area contributed by atoms with Crippen LogP contribution in [-0.4, -0.2) is 57.3 Å². The lowest BCUT2D eigenvalue weighted by atomic mass is 10.00. The maximum Gasteiger partial charge on any atom is 0.315 e. The van der Waals surface area contributed by atoms with Gasteiger partial charge in [-0.05, 0) is 41.8 Å². The number of nitrogens with one attached hydrogen (secondary N) is 2. The normalized spacial score (nSPS) is 14.0. The lowest BCUT2D eigenvalue weighted by molar-refractivity contribution is 0.235. The molecule has 2 N–H and O–H groups in total. The van der Waals surface area contributed by atoms with E-state index < -0.39 is 0 Å². The van der Waals surface area contributed by atoms with E-state index in [1.807, 2.05) is 42.5 Å². The van der Waals surface area contributed by atoms with Crippen molar-refractivity contribution in [3.8, 4) is 16.9 Å². The summed E-state index contributed by atoms with van der Waals surface area (Å²) in [5, 5.41) is 6.00. The Labute approximate surface area is 202 Å². The standard InChI is InChI=1S/C28H34N4O2/c1-34-27-15-8-7-14-26(27)32-20-18-31(19-21-32)17-9-16-29-28(33)30-22-24-12-5-6-13-25(24)23-10-3-2-4-11-23/h2-8,10-15H,9,16-22H2,1H3,(H2,29,30,33). The molecule has 1 saturated heterocycles. The summed E-state index contributed by atoms with van der Waals surface area (Å²) in [4.78, 5) is 17.2. The molecule has 0 atom stereocenters. The molecule has 34 heavy (non-hydrogen) atoms. The van der Waals surface area contributed by atoms with Gasteiger partial charge in [0.05, 0.1) is 12.8 Å². The van der Waals surface area contributed by atoms with E-state index in [2.05, 4.69) is 56.8 Å². The Balaban J connectivity index is 1.15. The number of hydrogen-bond acceptors (Lipinski definition) is 4. The van der Waals surface area contributed by atoms with Crippen LogP contribution in [0.25, 0.3) is 11.1 Å². The summed E-state index contributed by atoms with van der Waals surface area (Å²) in [6, 6.07) is 26.5. The van der Waals surface area contributed by atoms with Crippen molar-refractivity contribution in [2.24, 2.45) is 0 Å². The number of anilines is 1. The molecule has 0 unspecified atom stereocenters. The predicted molar refractivity (Wildman–Crippen MR) is 138 cm³/mol. The van der Waals surface area contributed by atoms with E-state index in [-0.39, 0.29) is 6.03 Å². The molecule has 0 saturated carbocycles. The number of benzene rings is 3. The van der Waals surface area contributed by atoms with E-state index in [1.165, 1.54) is 0 Å². The highest BCUT2D eigenvalue weighted by Gasteiger charge is 2.19. The first-order valence-corrected chi connectivity index (χ1v) is 12.0. The number of carbonyl (C=O) groups excluding carboxylic acids is 1. The van der Waals surface area contributed by atoms with Crippen molar-refractivity contribution in [2.45, 2.75) is 13.0 Å². The number of piperazine rings is 1. The van der Waals surface area contributed by atoms with Gasteiger partial charge in [0.25, 0.3) is 0 Å². The second-order valence-corrected chi connectivity index (χ2v) is 8.49. The van der Waals surface area contributed by atoms with E-state index in [0.717, 1.165) is 67.3 Å². The Kier molecular flexibility index (Phi) is 8.41. The number of para-hydroxylation sites is 2. The minimum Gasteiger partial charge on any atom is -0.495 e. The van der Waals surface area contributed by atoms with Gasteiger partial charge < -0.3 is 20.3 Å². The van der Waals surface area contributed by atoms with Gasteiger partial charge in [0, 0.05) is 39.3 Å². The van der Waals surface area contributed by atoms with Gasteiger partial charge >= 0.3 is 6.03 Å². The monoisotopic (exact) mass is 458 g/mol. The first-order valence-electron chi connectivity index (χ1n) is 12.0. The summed E-state index contributed by atoms with van der Waals surface area (Å²) in [6.45, 7) is 6.14. The zero-order valence-electron chi connectivity index (χ0n) is 19.9. The molecule has 178 valence electrons. The SMILES string of the molecule is COc1ccccc1N1CCN(CCCNC(=O)NCc2ccccc2-c2ccccc2)CC1. The first kappa shape index (κ1) is 23.6. The highest BCUT2D eigenvalue weighted by Crippen LogP contribution is 2.28. The van der Waals surface area contributed by atoms with E-state index in [1.54, 1.807) is 7.11 Å². The fourth-order valence-electron chi connectivity index (χ4n) is 4.42. The van der Waals surface area contributed by atoms with Crippen molar-refractivity contribution >= 4 is 11.7 Å². The van der Waals surface area contributed by atoms with Gasteiger partial charge in [-0.25, -0.2) is 4.79 Å². The van der Waals surface area contributed by atoms with Crippen molar-refractivity contribution < 1.29 is 9.53 Å². The molecule has 1 heterocycles. The van der Waals surface area contributed by atoms with Gasteiger partial charge in [0.1, 0.15) is 5.75 Å². The number of amides is 2. The van der Waals surface area contributed by atoms with Crippen molar-refractivity contribution in [3.63, 3.8) is 0 Å². The van der Waals surface area contributed by atoms with E-state index in [0.29, 0.717) is 13.1 Å². The van der Waals surface area contributed by atoms with E-state index in [4.69, 9.17) is 4.74 Å². The fraction of sp³-hybridized carbons (Fsp3) is 0.321. The summed E-state index contributed by atoms with van der Waals surface area (Å²) in [5.74, 6) is 0.928. The third-order valence-electron chi connectivity index (χ3n) is 6.28.